The maximum absolute atomic E-state index is 14.3. The molecule has 1 aromatic carbocycles. The van der Waals surface area contributed by atoms with E-state index in [-0.39, 0.29) is 21.9 Å². The molecule has 0 radical (unpaired) electrons. The molecule has 3 saturated carbocycles. The largest absolute Gasteiger partial charge is 0.446 e. The monoisotopic (exact) mass is 809 g/mol. The average molecular weight is 811 g/mol. The molecule has 4 atom stereocenters. The molecule has 4 fully saturated rings. The Hall–Kier alpha value is -2.90. The molecule has 278 valence electrons. The van der Waals surface area contributed by atoms with E-state index in [1.165, 1.54) is 18.2 Å². The minimum Gasteiger partial charge on any atom is -0.446 e. The summed E-state index contributed by atoms with van der Waals surface area (Å²) in [6.45, 7) is 3.74. The van der Waals surface area contributed by atoms with Crippen LogP contribution in [-0.4, -0.2) is 98.5 Å². The van der Waals surface area contributed by atoms with Gasteiger partial charge < -0.3 is 20.3 Å². The van der Waals surface area contributed by atoms with E-state index in [9.17, 15) is 44.8 Å². The lowest BCUT2D eigenvalue weighted by molar-refractivity contribution is -0.142. The number of halogens is 3. The van der Waals surface area contributed by atoms with Crippen molar-refractivity contribution in [1.82, 2.24) is 24.6 Å². The molecular weight excluding hydrogens is 768 g/mol. The summed E-state index contributed by atoms with van der Waals surface area (Å²) in [5.41, 5.74) is -3.01. The van der Waals surface area contributed by atoms with E-state index in [0.29, 0.717) is 25.7 Å². The molecule has 1 heterocycles. The first kappa shape index (κ1) is 38.3. The number of nitrogens with zero attached hydrogens (tertiary/aromatic N) is 2. The van der Waals surface area contributed by atoms with Gasteiger partial charge in [0.15, 0.2) is 0 Å². The van der Waals surface area contributed by atoms with Crippen LogP contribution in [-0.2, 0) is 39.2 Å². The lowest BCUT2D eigenvalue weighted by Gasteiger charge is -2.35. The summed E-state index contributed by atoms with van der Waals surface area (Å²) >= 11 is 3.23. The maximum Gasteiger partial charge on any atom is 0.408 e. The van der Waals surface area contributed by atoms with Crippen LogP contribution in [0.15, 0.2) is 33.6 Å². The highest BCUT2D eigenvalue weighted by molar-refractivity contribution is 9.10. The number of hydrogen-bond donors (Lipinski definition) is 3. The molecule has 5 rings (SSSR count). The minimum atomic E-state index is -4.36. The molecule has 0 aromatic heterocycles. The molecule has 0 bridgehead atoms. The highest BCUT2D eigenvalue weighted by Gasteiger charge is 2.63. The van der Waals surface area contributed by atoms with E-state index in [1.807, 2.05) is 4.72 Å². The van der Waals surface area contributed by atoms with Crippen LogP contribution in [0.3, 0.4) is 0 Å². The van der Waals surface area contributed by atoms with Crippen molar-refractivity contribution in [2.75, 3.05) is 13.2 Å². The highest BCUT2D eigenvalue weighted by atomic mass is 79.9. The van der Waals surface area contributed by atoms with Gasteiger partial charge in [-0.3, -0.25) is 19.1 Å². The van der Waals surface area contributed by atoms with Gasteiger partial charge >= 0.3 is 6.09 Å². The third kappa shape index (κ3) is 8.25. The molecule has 1 saturated heterocycles. The summed E-state index contributed by atoms with van der Waals surface area (Å²) in [6.07, 6.45) is -1.42. The Morgan fingerprint density at radius 2 is 1.68 bits per heavy atom. The van der Waals surface area contributed by atoms with Gasteiger partial charge in [-0.15, -0.1) is 0 Å². The van der Waals surface area contributed by atoms with Crippen LogP contribution in [0.1, 0.15) is 72.1 Å². The molecule has 4 aliphatic rings. The van der Waals surface area contributed by atoms with Gasteiger partial charge in [0.25, 0.3) is 5.91 Å². The Labute approximate surface area is 298 Å². The normalized spacial score (nSPS) is 25.3. The zero-order valence-corrected chi connectivity index (χ0v) is 31.1. The Balaban J connectivity index is 1.45. The molecule has 50 heavy (non-hydrogen) atoms. The van der Waals surface area contributed by atoms with E-state index in [0.717, 1.165) is 22.0 Å². The second kappa shape index (κ2) is 14.3. The molecular formula is C31H42BrF2N5O9S2. The van der Waals surface area contributed by atoms with Crippen LogP contribution >= 0.6 is 15.9 Å². The zero-order valence-electron chi connectivity index (χ0n) is 27.9. The number of carbonyl (C=O) groups is 4. The zero-order chi connectivity index (χ0) is 36.8. The van der Waals surface area contributed by atoms with E-state index >= 15 is 0 Å². The Morgan fingerprint density at radius 1 is 1.04 bits per heavy atom. The number of nitrogens with one attached hydrogen (secondary N) is 3. The summed E-state index contributed by atoms with van der Waals surface area (Å²) in [7, 11) is -8.48. The van der Waals surface area contributed by atoms with Crippen LogP contribution in [0, 0.1) is 11.3 Å². The van der Waals surface area contributed by atoms with Crippen molar-refractivity contribution in [2.45, 2.75) is 112 Å². The van der Waals surface area contributed by atoms with Gasteiger partial charge in [-0.1, -0.05) is 32.9 Å². The molecule has 14 nitrogen and oxygen atoms in total. The number of rotatable bonds is 12. The topological polar surface area (TPSA) is 188 Å². The van der Waals surface area contributed by atoms with Gasteiger partial charge in [-0.2, -0.15) is 4.31 Å². The number of amides is 4. The molecule has 0 unspecified atom stereocenters. The fourth-order valence-electron chi connectivity index (χ4n) is 6.46. The summed E-state index contributed by atoms with van der Waals surface area (Å²) in [5.74, 6) is -4.19. The Bertz CT molecular complexity index is 1730. The smallest absolute Gasteiger partial charge is 0.408 e. The van der Waals surface area contributed by atoms with Crippen LogP contribution in [0.4, 0.5) is 13.6 Å². The van der Waals surface area contributed by atoms with Crippen molar-refractivity contribution in [3.05, 3.63) is 28.7 Å². The first-order valence-corrected chi connectivity index (χ1v) is 20.2. The number of ether oxygens (including phenoxy) is 1. The van der Waals surface area contributed by atoms with E-state index in [1.54, 1.807) is 26.8 Å². The van der Waals surface area contributed by atoms with E-state index < -0.39 is 104 Å². The minimum absolute atomic E-state index is 0.153. The fourth-order valence-corrected chi connectivity index (χ4v) is 10.2. The average Bonchev–Trinajstić information content (AvgIpc) is 3.87. The Kier molecular flexibility index (Phi) is 10.9. The van der Waals surface area contributed by atoms with Crippen molar-refractivity contribution < 1.29 is 49.5 Å². The molecule has 4 amide bonds. The number of alkyl halides is 2. The molecule has 1 aromatic rings. The van der Waals surface area contributed by atoms with Crippen molar-refractivity contribution in [3.63, 3.8) is 0 Å². The number of carbonyl (C=O) groups excluding carboxylic acids is 4. The van der Waals surface area contributed by atoms with Crippen LogP contribution < -0.4 is 15.4 Å². The van der Waals surface area contributed by atoms with Gasteiger partial charge in [0.1, 0.15) is 23.7 Å². The third-order valence-electron chi connectivity index (χ3n) is 9.57. The van der Waals surface area contributed by atoms with Crippen LogP contribution in [0.5, 0.6) is 0 Å². The fraction of sp³-hybridized carbons (Fsp3) is 0.677. The number of alkyl carbamates (subject to hydrolysis) is 1. The van der Waals surface area contributed by atoms with E-state index in [4.69, 9.17) is 4.74 Å². The van der Waals surface area contributed by atoms with Gasteiger partial charge in [-0.25, -0.2) is 30.4 Å². The third-order valence-corrected chi connectivity index (χ3v) is 14.2. The van der Waals surface area contributed by atoms with Crippen molar-refractivity contribution >= 4 is 59.8 Å². The summed E-state index contributed by atoms with van der Waals surface area (Å²) < 4.78 is 88.4. The SMILES string of the molecule is CC(C)(C)[C@H](NC(=O)OC1CCCC1)C(=O)N1CN(S(=O)(=O)c2ccccc2Br)C[C@H]1C(=O)N[C@]1(C(=O)NS(=O)(=O)C2CC2)C[C@H]1CC(F)F. The van der Waals surface area contributed by atoms with Gasteiger partial charge in [0.05, 0.1) is 16.8 Å². The first-order chi connectivity index (χ1) is 23.3. The number of benzene rings is 1. The summed E-state index contributed by atoms with van der Waals surface area (Å²) in [6, 6.07) is 3.00. The predicted octanol–water partition coefficient (Wildman–Crippen LogP) is 2.83. The van der Waals surface area contributed by atoms with Crippen molar-refractivity contribution in [2.24, 2.45) is 11.3 Å². The second-order valence-corrected chi connectivity index (χ2v) is 19.2. The Morgan fingerprint density at radius 3 is 2.26 bits per heavy atom. The maximum atomic E-state index is 14.3. The van der Waals surface area contributed by atoms with Gasteiger partial charge in [-0.05, 0) is 84.3 Å². The molecule has 3 aliphatic carbocycles. The number of sulfonamides is 2. The molecule has 19 heteroatoms. The van der Waals surface area contributed by atoms with Crippen molar-refractivity contribution in [3.8, 4) is 0 Å². The highest BCUT2D eigenvalue weighted by Crippen LogP contribution is 2.48. The molecule has 3 N–H and O–H groups in total. The lowest BCUT2D eigenvalue weighted by atomic mass is 9.85. The van der Waals surface area contributed by atoms with Gasteiger partial charge in [0, 0.05) is 17.4 Å². The van der Waals surface area contributed by atoms with Gasteiger partial charge in [0.2, 0.25) is 38.3 Å². The lowest BCUT2D eigenvalue weighted by Crippen LogP contribution is -2.60. The molecule has 1 aliphatic heterocycles. The van der Waals surface area contributed by atoms with E-state index in [2.05, 4.69) is 26.6 Å². The first-order valence-electron chi connectivity index (χ1n) is 16.4. The predicted molar refractivity (Wildman–Crippen MR) is 178 cm³/mol. The van der Waals surface area contributed by atoms with Crippen LogP contribution in [0.25, 0.3) is 0 Å². The summed E-state index contributed by atoms with van der Waals surface area (Å²) in [5, 5.41) is 4.21. The summed E-state index contributed by atoms with van der Waals surface area (Å²) in [4.78, 5) is 55.6. The molecule has 0 spiro atoms. The van der Waals surface area contributed by atoms with Crippen LogP contribution in [0.2, 0.25) is 0 Å². The van der Waals surface area contributed by atoms with Crippen molar-refractivity contribution in [1.29, 1.82) is 0 Å². The number of hydrogen-bond acceptors (Lipinski definition) is 9. The standard InChI is InChI=1S/C31H42BrF2N5O9S2/c1-30(2,3)25(35-29(43)48-19-8-4-5-9-19)27(41)39-17-38(50(46,47)23-11-7-6-10-21(23)32)16-22(39)26(40)36-31(15-18(31)14-24(33)34)28(42)37-49(44,45)20-12-13-20/h6-7,10-11,18-20,22,24-25H,4-5,8-9,12-17H2,1-3H3,(H,35,43)(H,36,40)(H,37,42)/t18-,22+,25-,31-/m1/s1. The second-order valence-electron chi connectivity index (χ2n) is 14.5. The quantitative estimate of drug-likeness (QED) is 0.285.